The minimum Gasteiger partial charge on any atom is -0.397 e. The van der Waals surface area contributed by atoms with Crippen molar-refractivity contribution in [1.82, 2.24) is 0 Å². The maximum Gasteiger partial charge on any atom is 0.0603 e. The minimum atomic E-state index is 0.884. The Bertz CT molecular complexity index is 575. The van der Waals surface area contributed by atoms with E-state index in [2.05, 4.69) is 54.3 Å². The molecule has 0 amide bonds. The molecule has 0 unspecified atom stereocenters. The fourth-order valence-corrected chi connectivity index (χ4v) is 2.66. The molecule has 0 aromatic heterocycles. The predicted molar refractivity (Wildman–Crippen MR) is 76.8 cm³/mol. The summed E-state index contributed by atoms with van der Waals surface area (Å²) < 4.78 is 0. The highest BCUT2D eigenvalue weighted by Gasteiger charge is 2.17. The fourth-order valence-electron chi connectivity index (χ4n) is 2.66. The molecule has 0 atom stereocenters. The normalized spacial score (nSPS) is 14.4. The summed E-state index contributed by atoms with van der Waals surface area (Å²) in [4.78, 5) is 2.37. The molecule has 0 radical (unpaired) electrons. The number of fused-ring (bicyclic) bond motifs is 1. The van der Waals surface area contributed by atoms with Crippen molar-refractivity contribution in [3.63, 3.8) is 0 Å². The van der Waals surface area contributed by atoms with Gasteiger partial charge >= 0.3 is 0 Å². The zero-order valence-corrected chi connectivity index (χ0v) is 10.7. The van der Waals surface area contributed by atoms with Gasteiger partial charge in [-0.2, -0.15) is 0 Å². The number of nitrogens with zero attached hydrogens (tertiary/aromatic N) is 1. The van der Waals surface area contributed by atoms with Gasteiger partial charge in [-0.05, 0) is 42.2 Å². The molecule has 1 heterocycles. The largest absolute Gasteiger partial charge is 0.397 e. The highest BCUT2D eigenvalue weighted by Crippen LogP contribution is 2.29. The zero-order valence-electron chi connectivity index (χ0n) is 10.7. The van der Waals surface area contributed by atoms with Crippen LogP contribution in [0.2, 0.25) is 0 Å². The Balaban J connectivity index is 1.92. The van der Waals surface area contributed by atoms with Gasteiger partial charge in [0.2, 0.25) is 0 Å². The molecule has 92 valence electrons. The fraction of sp³-hybridized carbons (Fsp3) is 0.250. The van der Waals surface area contributed by atoms with E-state index >= 15 is 0 Å². The summed E-state index contributed by atoms with van der Waals surface area (Å²) >= 11 is 0. The molecule has 1 aliphatic heterocycles. The molecule has 2 N–H and O–H groups in total. The topological polar surface area (TPSA) is 29.3 Å². The molecule has 3 rings (SSSR count). The molecule has 0 spiro atoms. The third-order valence-electron chi connectivity index (χ3n) is 3.65. The van der Waals surface area contributed by atoms with Crippen LogP contribution in [0, 0.1) is 6.92 Å². The molecule has 0 saturated heterocycles. The average Bonchev–Trinajstić information content (AvgIpc) is 2.38. The van der Waals surface area contributed by atoms with E-state index in [0.717, 1.165) is 30.9 Å². The Kier molecular flexibility index (Phi) is 2.71. The molecule has 2 heteroatoms. The summed E-state index contributed by atoms with van der Waals surface area (Å²) in [6.45, 7) is 4.08. The average molecular weight is 238 g/mol. The summed E-state index contributed by atoms with van der Waals surface area (Å²) in [6, 6.07) is 15.0. The Morgan fingerprint density at radius 3 is 2.61 bits per heavy atom. The lowest BCUT2D eigenvalue weighted by atomic mass is 9.99. The van der Waals surface area contributed by atoms with Crippen molar-refractivity contribution < 1.29 is 0 Å². The molecular formula is C16H18N2. The number of hydrogen-bond donors (Lipinski definition) is 1. The number of nitrogen functional groups attached to an aromatic ring is 1. The Morgan fingerprint density at radius 1 is 1.06 bits per heavy atom. The van der Waals surface area contributed by atoms with Gasteiger partial charge in [0.1, 0.15) is 0 Å². The van der Waals surface area contributed by atoms with E-state index in [1.807, 2.05) is 0 Å². The highest BCUT2D eigenvalue weighted by atomic mass is 15.1. The van der Waals surface area contributed by atoms with Crippen LogP contribution in [-0.4, -0.2) is 6.54 Å². The maximum absolute atomic E-state index is 6.13. The quantitative estimate of drug-likeness (QED) is 0.773. The van der Waals surface area contributed by atoms with Crippen molar-refractivity contribution in [2.75, 3.05) is 17.2 Å². The number of nitrogens with two attached hydrogens (primary N) is 1. The van der Waals surface area contributed by atoms with Crippen molar-refractivity contribution in [3.05, 3.63) is 59.2 Å². The molecule has 0 bridgehead atoms. The first-order valence-electron chi connectivity index (χ1n) is 6.42. The molecular weight excluding hydrogens is 220 g/mol. The third kappa shape index (κ3) is 1.94. The van der Waals surface area contributed by atoms with Gasteiger partial charge in [0, 0.05) is 13.1 Å². The minimum absolute atomic E-state index is 0.884. The molecule has 18 heavy (non-hydrogen) atoms. The van der Waals surface area contributed by atoms with Crippen LogP contribution in [0.4, 0.5) is 11.4 Å². The van der Waals surface area contributed by atoms with Gasteiger partial charge in [0.15, 0.2) is 0 Å². The van der Waals surface area contributed by atoms with Gasteiger partial charge in [0.05, 0.1) is 11.4 Å². The van der Waals surface area contributed by atoms with E-state index in [1.54, 1.807) is 0 Å². The number of benzene rings is 2. The summed E-state index contributed by atoms with van der Waals surface area (Å²) in [5, 5.41) is 0. The van der Waals surface area contributed by atoms with E-state index in [4.69, 9.17) is 5.73 Å². The van der Waals surface area contributed by atoms with Gasteiger partial charge in [-0.15, -0.1) is 0 Å². The Morgan fingerprint density at radius 2 is 1.83 bits per heavy atom. The van der Waals surface area contributed by atoms with Crippen molar-refractivity contribution in [3.8, 4) is 0 Å². The molecule has 0 fully saturated rings. The smallest absolute Gasteiger partial charge is 0.0603 e. The first kappa shape index (κ1) is 11.1. The van der Waals surface area contributed by atoms with Crippen molar-refractivity contribution in [1.29, 1.82) is 0 Å². The standard InChI is InChI=1S/C16H18N2/c1-12-6-7-16(15(17)10-12)18-9-8-13-4-2-3-5-14(13)11-18/h2-7,10H,8-9,11,17H2,1H3. The van der Waals surface area contributed by atoms with Crippen molar-refractivity contribution in [2.45, 2.75) is 19.9 Å². The van der Waals surface area contributed by atoms with Gasteiger partial charge in [-0.25, -0.2) is 0 Å². The molecule has 2 nitrogen and oxygen atoms in total. The zero-order chi connectivity index (χ0) is 12.5. The van der Waals surface area contributed by atoms with E-state index in [1.165, 1.54) is 16.7 Å². The Hall–Kier alpha value is -1.96. The molecule has 2 aromatic carbocycles. The number of hydrogen-bond acceptors (Lipinski definition) is 2. The first-order valence-corrected chi connectivity index (χ1v) is 6.42. The van der Waals surface area contributed by atoms with Crippen LogP contribution in [0.3, 0.4) is 0 Å². The van der Waals surface area contributed by atoms with Crippen LogP contribution in [-0.2, 0) is 13.0 Å². The van der Waals surface area contributed by atoms with Crippen LogP contribution >= 0.6 is 0 Å². The summed E-state index contributed by atoms with van der Waals surface area (Å²) in [6.07, 6.45) is 1.10. The van der Waals surface area contributed by atoms with E-state index in [-0.39, 0.29) is 0 Å². The summed E-state index contributed by atoms with van der Waals surface area (Å²) in [5.74, 6) is 0. The van der Waals surface area contributed by atoms with Crippen LogP contribution in [0.1, 0.15) is 16.7 Å². The van der Waals surface area contributed by atoms with Gasteiger partial charge in [-0.1, -0.05) is 30.3 Å². The van der Waals surface area contributed by atoms with E-state index < -0.39 is 0 Å². The highest BCUT2D eigenvalue weighted by molar-refractivity contribution is 5.69. The van der Waals surface area contributed by atoms with Crippen LogP contribution in [0.15, 0.2) is 42.5 Å². The van der Waals surface area contributed by atoms with Crippen molar-refractivity contribution >= 4 is 11.4 Å². The monoisotopic (exact) mass is 238 g/mol. The van der Waals surface area contributed by atoms with Gasteiger partial charge < -0.3 is 10.6 Å². The SMILES string of the molecule is Cc1ccc(N2CCc3ccccc3C2)c(N)c1. The maximum atomic E-state index is 6.13. The lowest BCUT2D eigenvalue weighted by Crippen LogP contribution is -2.30. The van der Waals surface area contributed by atoms with Crippen molar-refractivity contribution in [2.24, 2.45) is 0 Å². The lowest BCUT2D eigenvalue weighted by molar-refractivity contribution is 0.732. The number of rotatable bonds is 1. The molecule has 0 aliphatic carbocycles. The third-order valence-corrected chi connectivity index (χ3v) is 3.65. The second-order valence-corrected chi connectivity index (χ2v) is 5.00. The van der Waals surface area contributed by atoms with E-state index in [9.17, 15) is 0 Å². The van der Waals surface area contributed by atoms with Gasteiger partial charge in [-0.3, -0.25) is 0 Å². The van der Waals surface area contributed by atoms with Crippen LogP contribution < -0.4 is 10.6 Å². The molecule has 1 aliphatic rings. The summed E-state index contributed by atoms with van der Waals surface area (Å²) in [7, 11) is 0. The number of anilines is 2. The Labute approximate surface area is 108 Å². The van der Waals surface area contributed by atoms with E-state index in [0.29, 0.717) is 0 Å². The second kappa shape index (κ2) is 4.37. The van der Waals surface area contributed by atoms with Gasteiger partial charge in [0.25, 0.3) is 0 Å². The summed E-state index contributed by atoms with van der Waals surface area (Å²) in [5.41, 5.74) is 12.3. The van der Waals surface area contributed by atoms with Crippen LogP contribution in [0.25, 0.3) is 0 Å². The molecule has 2 aromatic rings. The molecule has 0 saturated carbocycles. The predicted octanol–water partition coefficient (Wildman–Crippen LogP) is 3.14. The second-order valence-electron chi connectivity index (χ2n) is 5.00. The first-order chi connectivity index (χ1) is 8.74. The lowest BCUT2D eigenvalue weighted by Gasteiger charge is -2.31. The van der Waals surface area contributed by atoms with Crippen LogP contribution in [0.5, 0.6) is 0 Å². The number of aryl methyl sites for hydroxylation is 1.